The molecule has 1 amide bonds. The zero-order chi connectivity index (χ0) is 13.1. The van der Waals surface area contributed by atoms with Crippen molar-refractivity contribution in [2.75, 3.05) is 6.54 Å². The third-order valence-corrected chi connectivity index (χ3v) is 3.50. The summed E-state index contributed by atoms with van der Waals surface area (Å²) in [6, 6.07) is 5.70. The van der Waals surface area contributed by atoms with Gasteiger partial charge >= 0.3 is 0 Å². The minimum Gasteiger partial charge on any atom is -0.348 e. The predicted molar refractivity (Wildman–Crippen MR) is 74.0 cm³/mol. The highest BCUT2D eigenvalue weighted by molar-refractivity contribution is 6.35. The summed E-state index contributed by atoms with van der Waals surface area (Å²) >= 11 is 11.9. The summed E-state index contributed by atoms with van der Waals surface area (Å²) in [5, 5.41) is 7.25. The van der Waals surface area contributed by atoms with Gasteiger partial charge in [0.15, 0.2) is 0 Å². The summed E-state index contributed by atoms with van der Waals surface area (Å²) in [5.74, 6) is -0.0135. The molecule has 0 saturated heterocycles. The van der Waals surface area contributed by atoms with Crippen molar-refractivity contribution in [2.45, 2.75) is 31.8 Å². The average molecular weight is 287 g/mol. The smallest absolute Gasteiger partial charge is 0.234 e. The van der Waals surface area contributed by atoms with Gasteiger partial charge in [-0.15, -0.1) is 0 Å². The highest BCUT2D eigenvalue weighted by Crippen LogP contribution is 2.26. The number of hydrogen-bond acceptors (Lipinski definition) is 2. The molecule has 0 spiro atoms. The number of hydrogen-bond donors (Lipinski definition) is 2. The molecule has 98 valence electrons. The van der Waals surface area contributed by atoms with Crippen molar-refractivity contribution in [1.82, 2.24) is 10.6 Å². The topological polar surface area (TPSA) is 41.1 Å². The molecule has 1 atom stereocenters. The molecule has 1 saturated carbocycles. The first-order valence-electron chi connectivity index (χ1n) is 6.04. The van der Waals surface area contributed by atoms with E-state index in [9.17, 15) is 4.79 Å². The Morgan fingerprint density at radius 1 is 1.44 bits per heavy atom. The normalized spacial score (nSPS) is 16.4. The largest absolute Gasteiger partial charge is 0.348 e. The predicted octanol–water partition coefficient (Wildman–Crippen LogP) is 2.92. The second kappa shape index (κ2) is 5.91. The van der Waals surface area contributed by atoms with Crippen molar-refractivity contribution in [1.29, 1.82) is 0 Å². The monoisotopic (exact) mass is 286 g/mol. The van der Waals surface area contributed by atoms with Crippen molar-refractivity contribution in [3.63, 3.8) is 0 Å². The molecule has 3 nitrogen and oxygen atoms in total. The average Bonchev–Trinajstić information content (AvgIpc) is 3.09. The molecule has 0 heterocycles. The van der Waals surface area contributed by atoms with Crippen LogP contribution in [-0.4, -0.2) is 18.5 Å². The maximum absolute atomic E-state index is 11.7. The number of nitrogens with one attached hydrogen (secondary N) is 2. The third kappa shape index (κ3) is 3.87. The molecule has 0 aromatic heterocycles. The van der Waals surface area contributed by atoms with E-state index in [0.717, 1.165) is 5.56 Å². The van der Waals surface area contributed by atoms with Crippen LogP contribution in [0.5, 0.6) is 0 Å². The standard InChI is InChI=1S/C13H16Cl2N2O/c1-8(11-5-2-9(14)6-12(11)15)17-13(18)7-16-10-3-4-10/h2,5-6,8,10,16H,3-4,7H2,1H3,(H,17,18). The summed E-state index contributed by atoms with van der Waals surface area (Å²) in [6.45, 7) is 2.27. The van der Waals surface area contributed by atoms with Gasteiger partial charge in [0.05, 0.1) is 12.6 Å². The first-order chi connectivity index (χ1) is 8.56. The summed E-state index contributed by atoms with van der Waals surface area (Å²) in [5.41, 5.74) is 0.876. The Bertz CT molecular complexity index is 447. The fourth-order valence-electron chi connectivity index (χ4n) is 1.75. The molecule has 1 aromatic rings. The Labute approximate surface area is 117 Å². The maximum atomic E-state index is 11.7. The molecule has 1 fully saturated rings. The third-order valence-electron chi connectivity index (χ3n) is 2.94. The van der Waals surface area contributed by atoms with Gasteiger partial charge in [0.2, 0.25) is 5.91 Å². The van der Waals surface area contributed by atoms with Gasteiger partial charge in [0.25, 0.3) is 0 Å². The summed E-state index contributed by atoms with van der Waals surface area (Å²) < 4.78 is 0. The number of rotatable bonds is 5. The highest BCUT2D eigenvalue weighted by Gasteiger charge is 2.21. The first kappa shape index (κ1) is 13.7. The molecule has 2 N–H and O–H groups in total. The van der Waals surface area contributed by atoms with Crippen LogP contribution in [0.3, 0.4) is 0 Å². The van der Waals surface area contributed by atoms with Crippen LogP contribution < -0.4 is 10.6 Å². The Morgan fingerprint density at radius 2 is 2.17 bits per heavy atom. The van der Waals surface area contributed by atoms with Crippen LogP contribution in [0.15, 0.2) is 18.2 Å². The minimum atomic E-state index is -0.122. The number of amides is 1. The van der Waals surface area contributed by atoms with E-state index in [4.69, 9.17) is 23.2 Å². The van der Waals surface area contributed by atoms with Crippen molar-refractivity contribution in [2.24, 2.45) is 0 Å². The van der Waals surface area contributed by atoms with E-state index < -0.39 is 0 Å². The van der Waals surface area contributed by atoms with E-state index in [-0.39, 0.29) is 11.9 Å². The second-order valence-electron chi connectivity index (χ2n) is 4.61. The Hall–Kier alpha value is -0.770. The lowest BCUT2D eigenvalue weighted by atomic mass is 10.1. The molecule has 0 bridgehead atoms. The van der Waals surface area contributed by atoms with Crippen molar-refractivity contribution < 1.29 is 4.79 Å². The molecular formula is C13H16Cl2N2O. The van der Waals surface area contributed by atoms with Crippen molar-refractivity contribution >= 4 is 29.1 Å². The maximum Gasteiger partial charge on any atom is 0.234 e. The fraction of sp³-hybridized carbons (Fsp3) is 0.462. The molecule has 1 aliphatic rings. The number of benzene rings is 1. The van der Waals surface area contributed by atoms with Crippen LogP contribution in [-0.2, 0) is 4.79 Å². The minimum absolute atomic E-state index is 0.0135. The second-order valence-corrected chi connectivity index (χ2v) is 5.45. The van der Waals surface area contributed by atoms with Gasteiger partial charge in [-0.25, -0.2) is 0 Å². The Kier molecular flexibility index (Phi) is 4.49. The van der Waals surface area contributed by atoms with E-state index in [2.05, 4.69) is 10.6 Å². The van der Waals surface area contributed by atoms with Crippen molar-refractivity contribution in [3.05, 3.63) is 33.8 Å². The summed E-state index contributed by atoms with van der Waals surface area (Å²) in [6.07, 6.45) is 2.34. The van der Waals surface area contributed by atoms with Gasteiger partial charge in [0, 0.05) is 16.1 Å². The molecule has 0 radical (unpaired) electrons. The van der Waals surface area contributed by atoms with E-state index in [1.54, 1.807) is 12.1 Å². The Balaban J connectivity index is 1.89. The summed E-state index contributed by atoms with van der Waals surface area (Å²) in [7, 11) is 0. The van der Waals surface area contributed by atoms with Crippen LogP contribution in [0.1, 0.15) is 31.4 Å². The van der Waals surface area contributed by atoms with Gasteiger partial charge < -0.3 is 10.6 Å². The van der Waals surface area contributed by atoms with E-state index in [0.29, 0.717) is 22.6 Å². The van der Waals surface area contributed by atoms with E-state index in [1.165, 1.54) is 12.8 Å². The molecule has 5 heteroatoms. The van der Waals surface area contributed by atoms with Crippen LogP contribution >= 0.6 is 23.2 Å². The van der Waals surface area contributed by atoms with Crippen LogP contribution in [0.4, 0.5) is 0 Å². The number of halogens is 2. The SMILES string of the molecule is CC(NC(=O)CNC1CC1)c1ccc(Cl)cc1Cl. The lowest BCUT2D eigenvalue weighted by molar-refractivity contribution is -0.120. The number of carbonyl (C=O) groups excluding carboxylic acids is 1. The first-order valence-corrected chi connectivity index (χ1v) is 6.79. The lowest BCUT2D eigenvalue weighted by Crippen LogP contribution is -2.36. The van der Waals surface area contributed by atoms with Gasteiger partial charge in [-0.2, -0.15) is 0 Å². The zero-order valence-electron chi connectivity index (χ0n) is 10.2. The zero-order valence-corrected chi connectivity index (χ0v) is 11.7. The molecule has 1 aromatic carbocycles. The van der Waals surface area contributed by atoms with Gasteiger partial charge in [0.1, 0.15) is 0 Å². The van der Waals surface area contributed by atoms with Crippen LogP contribution in [0.2, 0.25) is 10.0 Å². The fourth-order valence-corrected chi connectivity index (χ4v) is 2.32. The highest BCUT2D eigenvalue weighted by atomic mass is 35.5. The quantitative estimate of drug-likeness (QED) is 0.874. The van der Waals surface area contributed by atoms with Gasteiger partial charge in [-0.05, 0) is 37.5 Å². The van der Waals surface area contributed by atoms with Crippen LogP contribution in [0, 0.1) is 0 Å². The lowest BCUT2D eigenvalue weighted by Gasteiger charge is -2.16. The molecule has 18 heavy (non-hydrogen) atoms. The molecule has 1 aliphatic carbocycles. The molecular weight excluding hydrogens is 271 g/mol. The Morgan fingerprint density at radius 3 is 2.78 bits per heavy atom. The van der Waals surface area contributed by atoms with E-state index in [1.807, 2.05) is 13.0 Å². The molecule has 0 aliphatic heterocycles. The summed E-state index contributed by atoms with van der Waals surface area (Å²) in [4.78, 5) is 11.7. The number of carbonyl (C=O) groups is 1. The van der Waals surface area contributed by atoms with Crippen LogP contribution in [0.25, 0.3) is 0 Å². The van der Waals surface area contributed by atoms with Crippen molar-refractivity contribution in [3.8, 4) is 0 Å². The van der Waals surface area contributed by atoms with E-state index >= 15 is 0 Å². The molecule has 1 unspecified atom stereocenters. The van der Waals surface area contributed by atoms with Gasteiger partial charge in [-0.1, -0.05) is 29.3 Å². The van der Waals surface area contributed by atoms with Gasteiger partial charge in [-0.3, -0.25) is 4.79 Å². The molecule has 2 rings (SSSR count).